The SMILES string of the molecule is O=COC(Cc1cc(O)[nH]n1)Cc1ccccc1F. The number of hydrogen-bond acceptors (Lipinski definition) is 4. The topological polar surface area (TPSA) is 75.2 Å². The van der Waals surface area contributed by atoms with Crippen molar-refractivity contribution < 1.29 is 19.0 Å². The van der Waals surface area contributed by atoms with Crippen molar-refractivity contribution in [3.8, 4) is 5.88 Å². The van der Waals surface area contributed by atoms with Crippen LogP contribution in [0, 0.1) is 5.82 Å². The first-order valence-corrected chi connectivity index (χ1v) is 5.75. The van der Waals surface area contributed by atoms with Gasteiger partial charge in [0.2, 0.25) is 5.88 Å². The van der Waals surface area contributed by atoms with Crippen LogP contribution in [0.3, 0.4) is 0 Å². The molecule has 0 aliphatic heterocycles. The number of hydrogen-bond donors (Lipinski definition) is 2. The van der Waals surface area contributed by atoms with Crippen LogP contribution >= 0.6 is 0 Å². The highest BCUT2D eigenvalue weighted by Crippen LogP contribution is 2.15. The minimum absolute atomic E-state index is 0.0641. The van der Waals surface area contributed by atoms with Crippen molar-refractivity contribution in [3.05, 3.63) is 47.4 Å². The van der Waals surface area contributed by atoms with Gasteiger partial charge < -0.3 is 9.84 Å². The second-order valence-corrected chi connectivity index (χ2v) is 4.10. The predicted molar refractivity (Wildman–Crippen MR) is 65.0 cm³/mol. The molecule has 2 aromatic rings. The summed E-state index contributed by atoms with van der Waals surface area (Å²) in [5.74, 6) is -0.405. The Labute approximate surface area is 109 Å². The molecule has 2 rings (SSSR count). The molecule has 0 aliphatic carbocycles. The van der Waals surface area contributed by atoms with Crippen molar-refractivity contribution in [2.24, 2.45) is 0 Å². The van der Waals surface area contributed by atoms with Gasteiger partial charge in [0.15, 0.2) is 0 Å². The summed E-state index contributed by atoms with van der Waals surface area (Å²) in [5.41, 5.74) is 1.01. The van der Waals surface area contributed by atoms with E-state index in [0.717, 1.165) is 0 Å². The maximum absolute atomic E-state index is 13.5. The van der Waals surface area contributed by atoms with Crippen molar-refractivity contribution in [1.82, 2.24) is 10.2 Å². The van der Waals surface area contributed by atoms with Crippen LogP contribution in [0.4, 0.5) is 4.39 Å². The molecule has 0 saturated heterocycles. The molecule has 0 spiro atoms. The van der Waals surface area contributed by atoms with E-state index < -0.39 is 6.10 Å². The number of carbonyl (C=O) groups excluding carboxylic acids is 1. The average molecular weight is 264 g/mol. The predicted octanol–water partition coefficient (Wildman–Crippen LogP) is 1.58. The number of nitrogens with zero attached hydrogens (tertiary/aromatic N) is 1. The Morgan fingerprint density at radius 2 is 2.21 bits per heavy atom. The van der Waals surface area contributed by atoms with Crippen molar-refractivity contribution in [1.29, 1.82) is 0 Å². The Morgan fingerprint density at radius 1 is 1.42 bits per heavy atom. The lowest BCUT2D eigenvalue weighted by Gasteiger charge is -2.14. The van der Waals surface area contributed by atoms with Crippen LogP contribution in [0.5, 0.6) is 5.88 Å². The molecule has 1 unspecified atom stereocenters. The molecule has 100 valence electrons. The van der Waals surface area contributed by atoms with Crippen molar-refractivity contribution in [2.75, 3.05) is 0 Å². The van der Waals surface area contributed by atoms with Crippen LogP contribution in [0.25, 0.3) is 0 Å². The molecule has 0 bridgehead atoms. The second kappa shape index (κ2) is 5.99. The molecule has 6 heteroatoms. The minimum atomic E-state index is -0.530. The second-order valence-electron chi connectivity index (χ2n) is 4.10. The number of nitrogens with one attached hydrogen (secondary N) is 1. The molecular weight excluding hydrogens is 251 g/mol. The lowest BCUT2D eigenvalue weighted by molar-refractivity contribution is -0.133. The Balaban J connectivity index is 2.08. The number of ether oxygens (including phenoxy) is 1. The van der Waals surface area contributed by atoms with E-state index in [-0.39, 0.29) is 18.1 Å². The van der Waals surface area contributed by atoms with Crippen LogP contribution in [0.15, 0.2) is 30.3 Å². The van der Waals surface area contributed by atoms with Gasteiger partial charge in [-0.3, -0.25) is 4.79 Å². The third kappa shape index (κ3) is 3.54. The zero-order valence-electron chi connectivity index (χ0n) is 10.0. The number of aromatic amines is 1. The largest absolute Gasteiger partial charge is 0.494 e. The number of carbonyl (C=O) groups is 1. The molecule has 0 amide bonds. The van der Waals surface area contributed by atoms with Crippen LogP contribution in [0.2, 0.25) is 0 Å². The molecule has 2 N–H and O–H groups in total. The molecule has 1 heterocycles. The molecule has 19 heavy (non-hydrogen) atoms. The van der Waals surface area contributed by atoms with E-state index in [2.05, 4.69) is 10.2 Å². The zero-order chi connectivity index (χ0) is 13.7. The van der Waals surface area contributed by atoms with Gasteiger partial charge in [0.25, 0.3) is 6.47 Å². The lowest BCUT2D eigenvalue weighted by atomic mass is 10.0. The number of aromatic hydroxyl groups is 1. The van der Waals surface area contributed by atoms with Crippen LogP contribution in [-0.2, 0) is 22.4 Å². The number of rotatable bonds is 6. The van der Waals surface area contributed by atoms with Gasteiger partial charge in [0.05, 0.1) is 5.69 Å². The minimum Gasteiger partial charge on any atom is -0.494 e. The zero-order valence-corrected chi connectivity index (χ0v) is 10.0. The van der Waals surface area contributed by atoms with Gasteiger partial charge >= 0.3 is 0 Å². The van der Waals surface area contributed by atoms with Gasteiger partial charge in [0.1, 0.15) is 11.9 Å². The monoisotopic (exact) mass is 264 g/mol. The van der Waals surface area contributed by atoms with E-state index in [1.165, 1.54) is 12.1 Å². The Morgan fingerprint density at radius 3 is 2.84 bits per heavy atom. The molecule has 1 atom stereocenters. The van der Waals surface area contributed by atoms with Crippen LogP contribution in [0.1, 0.15) is 11.3 Å². The Bertz CT molecular complexity index is 556. The van der Waals surface area contributed by atoms with Gasteiger partial charge in [-0.05, 0) is 11.6 Å². The summed E-state index contributed by atoms with van der Waals surface area (Å²) in [5, 5.41) is 15.4. The highest BCUT2D eigenvalue weighted by Gasteiger charge is 2.15. The number of H-pyrrole nitrogens is 1. The fraction of sp³-hybridized carbons (Fsp3) is 0.231. The van der Waals surface area contributed by atoms with E-state index in [1.807, 2.05) is 0 Å². The first-order chi connectivity index (χ1) is 9.19. The average Bonchev–Trinajstić information content (AvgIpc) is 2.78. The maximum atomic E-state index is 13.5. The highest BCUT2D eigenvalue weighted by atomic mass is 19.1. The summed E-state index contributed by atoms with van der Waals surface area (Å²) < 4.78 is 18.5. The standard InChI is InChI=1S/C13H13FN2O3/c14-12-4-2-1-3-9(12)5-11(19-8-17)6-10-7-13(18)16-15-10/h1-4,7-8,11H,5-6H2,(H2,15,16,18). The van der Waals surface area contributed by atoms with Gasteiger partial charge in [-0.2, -0.15) is 5.10 Å². The van der Waals surface area contributed by atoms with E-state index in [4.69, 9.17) is 9.84 Å². The molecule has 5 nitrogen and oxygen atoms in total. The molecule has 1 aromatic carbocycles. The van der Waals surface area contributed by atoms with Gasteiger partial charge in [0, 0.05) is 18.9 Å². The number of aromatic nitrogens is 2. The van der Waals surface area contributed by atoms with Crippen LogP contribution < -0.4 is 0 Å². The number of halogens is 1. The smallest absolute Gasteiger partial charge is 0.293 e. The van der Waals surface area contributed by atoms with E-state index in [1.54, 1.807) is 18.2 Å². The maximum Gasteiger partial charge on any atom is 0.293 e. The summed E-state index contributed by atoms with van der Waals surface area (Å²) in [7, 11) is 0. The van der Waals surface area contributed by atoms with Crippen LogP contribution in [-0.4, -0.2) is 27.9 Å². The number of benzene rings is 1. The normalized spacial score (nSPS) is 12.1. The van der Waals surface area contributed by atoms with E-state index >= 15 is 0 Å². The van der Waals surface area contributed by atoms with Gasteiger partial charge in [-0.25, -0.2) is 9.49 Å². The summed E-state index contributed by atoms with van der Waals surface area (Å²) >= 11 is 0. The van der Waals surface area contributed by atoms with Gasteiger partial charge in [-0.1, -0.05) is 18.2 Å². The van der Waals surface area contributed by atoms with Crippen molar-refractivity contribution >= 4 is 6.47 Å². The lowest BCUT2D eigenvalue weighted by Crippen LogP contribution is -2.19. The summed E-state index contributed by atoms with van der Waals surface area (Å²) in [6, 6.07) is 7.74. The highest BCUT2D eigenvalue weighted by molar-refractivity contribution is 5.38. The summed E-state index contributed by atoms with van der Waals surface area (Å²) in [6.45, 7) is 0.331. The van der Waals surface area contributed by atoms with Gasteiger partial charge in [-0.15, -0.1) is 0 Å². The molecule has 1 aromatic heterocycles. The van der Waals surface area contributed by atoms with E-state index in [0.29, 0.717) is 24.2 Å². The first kappa shape index (κ1) is 13.1. The van der Waals surface area contributed by atoms with Crippen molar-refractivity contribution in [2.45, 2.75) is 18.9 Å². The molecule has 0 fully saturated rings. The quantitative estimate of drug-likeness (QED) is 0.777. The molecule has 0 radical (unpaired) electrons. The van der Waals surface area contributed by atoms with E-state index in [9.17, 15) is 9.18 Å². The third-order valence-electron chi connectivity index (χ3n) is 2.71. The Kier molecular flexibility index (Phi) is 4.12. The third-order valence-corrected chi connectivity index (χ3v) is 2.71. The molecular formula is C13H13FN2O3. The fourth-order valence-electron chi connectivity index (χ4n) is 1.85. The van der Waals surface area contributed by atoms with Crippen molar-refractivity contribution in [3.63, 3.8) is 0 Å². The molecule has 0 aliphatic rings. The first-order valence-electron chi connectivity index (χ1n) is 5.75. The summed E-state index contributed by atoms with van der Waals surface area (Å²) in [6.07, 6.45) is 0.0143. The summed E-state index contributed by atoms with van der Waals surface area (Å²) in [4.78, 5) is 10.5. The fourth-order valence-corrected chi connectivity index (χ4v) is 1.85. The molecule has 0 saturated carbocycles. The Hall–Kier alpha value is -2.37.